The highest BCUT2D eigenvalue weighted by Crippen LogP contribution is 2.39. The van der Waals surface area contributed by atoms with Gasteiger partial charge in [0.2, 0.25) is 0 Å². The van der Waals surface area contributed by atoms with Crippen molar-refractivity contribution in [3.8, 4) is 0 Å². The smallest absolute Gasteiger partial charge is 0.322 e. The van der Waals surface area contributed by atoms with E-state index in [0.717, 1.165) is 19.3 Å². The summed E-state index contributed by atoms with van der Waals surface area (Å²) in [6.07, 6.45) is 5.02. The Morgan fingerprint density at radius 2 is 1.87 bits per heavy atom. The minimum Gasteiger partial charge on any atom is -0.329 e. The van der Waals surface area contributed by atoms with E-state index in [1.165, 1.54) is 11.1 Å². The maximum atomic E-state index is 13.4. The van der Waals surface area contributed by atoms with E-state index < -0.39 is 17.5 Å². The molecule has 0 aliphatic carbocycles. The topological polar surface area (TPSA) is 78.5 Å². The van der Waals surface area contributed by atoms with E-state index in [1.807, 2.05) is 23.1 Å². The van der Waals surface area contributed by atoms with E-state index in [4.69, 9.17) is 0 Å². The largest absolute Gasteiger partial charge is 0.329 e. The van der Waals surface area contributed by atoms with Gasteiger partial charge in [-0.15, -0.1) is 0 Å². The number of benzene rings is 2. The van der Waals surface area contributed by atoms with Gasteiger partial charge in [-0.2, -0.15) is 0 Å². The molecule has 4 amide bonds. The standard InChI is InChI=1S/C24H23N3O3/c1-24(22(29)25-23(30)26-24)18-9-5-8-16(12-18)21(28)27-19-10-11-20(27)14-17(13-19)15-6-3-2-4-7-15/h2-9,12-13,19-20H,10-11,14H2,1H3,(H2,25,26,29,30). The Hall–Kier alpha value is -3.41. The first-order valence-corrected chi connectivity index (χ1v) is 10.3. The molecule has 0 aromatic heterocycles. The van der Waals surface area contributed by atoms with Crippen molar-refractivity contribution >= 4 is 23.4 Å². The van der Waals surface area contributed by atoms with E-state index in [1.54, 1.807) is 31.2 Å². The summed E-state index contributed by atoms with van der Waals surface area (Å²) in [6, 6.07) is 17.1. The predicted octanol–water partition coefficient (Wildman–Crippen LogP) is 3.20. The molecule has 3 heterocycles. The molecular formula is C24H23N3O3. The number of amides is 4. The number of rotatable bonds is 3. The van der Waals surface area contributed by atoms with Gasteiger partial charge in [0.15, 0.2) is 0 Å². The van der Waals surface area contributed by atoms with Gasteiger partial charge in [-0.05, 0) is 55.0 Å². The van der Waals surface area contributed by atoms with E-state index in [2.05, 4.69) is 28.8 Å². The van der Waals surface area contributed by atoms with Gasteiger partial charge in [0.25, 0.3) is 11.8 Å². The van der Waals surface area contributed by atoms with E-state index in [0.29, 0.717) is 11.1 Å². The molecule has 30 heavy (non-hydrogen) atoms. The fraction of sp³-hybridized carbons (Fsp3) is 0.292. The van der Waals surface area contributed by atoms with E-state index in [-0.39, 0.29) is 18.0 Å². The van der Waals surface area contributed by atoms with Crippen molar-refractivity contribution < 1.29 is 14.4 Å². The Morgan fingerprint density at radius 1 is 1.07 bits per heavy atom. The zero-order chi connectivity index (χ0) is 20.9. The lowest BCUT2D eigenvalue weighted by molar-refractivity contribution is -0.123. The quantitative estimate of drug-likeness (QED) is 0.776. The molecule has 2 aromatic rings. The summed E-state index contributed by atoms with van der Waals surface area (Å²) >= 11 is 0. The number of carbonyl (C=O) groups is 3. The summed E-state index contributed by atoms with van der Waals surface area (Å²) in [5, 5.41) is 4.93. The zero-order valence-electron chi connectivity index (χ0n) is 16.7. The fourth-order valence-electron chi connectivity index (χ4n) is 4.87. The highest BCUT2D eigenvalue weighted by Gasteiger charge is 2.44. The van der Waals surface area contributed by atoms with Crippen LogP contribution in [-0.4, -0.2) is 34.8 Å². The highest BCUT2D eigenvalue weighted by molar-refractivity contribution is 6.07. The third kappa shape index (κ3) is 2.91. The summed E-state index contributed by atoms with van der Waals surface area (Å²) in [5.41, 5.74) is 2.49. The van der Waals surface area contributed by atoms with Gasteiger partial charge in [0, 0.05) is 11.6 Å². The minimum atomic E-state index is -1.17. The molecule has 6 nitrogen and oxygen atoms in total. The number of fused-ring (bicyclic) bond motifs is 2. The SMILES string of the molecule is CC1(c2cccc(C(=O)N3C4C=C(c5ccccc5)CC3CC4)c2)NC(=O)NC1=O. The Labute approximate surface area is 175 Å². The van der Waals surface area contributed by atoms with Crippen LogP contribution in [0.5, 0.6) is 0 Å². The molecule has 2 fully saturated rings. The van der Waals surface area contributed by atoms with Crippen LogP contribution in [0, 0.1) is 0 Å². The summed E-state index contributed by atoms with van der Waals surface area (Å²) in [6.45, 7) is 1.65. The van der Waals surface area contributed by atoms with Crippen molar-refractivity contribution in [1.29, 1.82) is 0 Å². The molecule has 6 heteroatoms. The van der Waals surface area contributed by atoms with Gasteiger partial charge in [-0.25, -0.2) is 4.79 Å². The molecule has 0 saturated carbocycles. The molecule has 0 radical (unpaired) electrons. The molecule has 2 saturated heterocycles. The number of hydrogen-bond acceptors (Lipinski definition) is 3. The van der Waals surface area contributed by atoms with Crippen LogP contribution < -0.4 is 10.6 Å². The van der Waals surface area contributed by atoms with Crippen molar-refractivity contribution in [1.82, 2.24) is 15.5 Å². The van der Waals surface area contributed by atoms with Gasteiger partial charge in [-0.1, -0.05) is 48.5 Å². The molecule has 3 aliphatic heterocycles. The van der Waals surface area contributed by atoms with Crippen molar-refractivity contribution in [2.75, 3.05) is 0 Å². The second-order valence-electron chi connectivity index (χ2n) is 8.39. The van der Waals surface area contributed by atoms with Gasteiger partial charge in [0.05, 0.1) is 6.04 Å². The summed E-state index contributed by atoms with van der Waals surface area (Å²) in [5.74, 6) is -0.438. The number of urea groups is 1. The second kappa shape index (κ2) is 6.83. The third-order valence-corrected chi connectivity index (χ3v) is 6.51. The van der Waals surface area contributed by atoms with Crippen LogP contribution >= 0.6 is 0 Å². The molecule has 3 unspecified atom stereocenters. The summed E-state index contributed by atoms with van der Waals surface area (Å²) in [7, 11) is 0. The van der Waals surface area contributed by atoms with Crippen LogP contribution in [0.25, 0.3) is 5.57 Å². The fourth-order valence-corrected chi connectivity index (χ4v) is 4.87. The average molecular weight is 401 g/mol. The number of nitrogens with zero attached hydrogens (tertiary/aromatic N) is 1. The van der Waals surface area contributed by atoms with E-state index >= 15 is 0 Å². The maximum absolute atomic E-state index is 13.4. The van der Waals surface area contributed by atoms with Gasteiger partial charge >= 0.3 is 6.03 Å². The van der Waals surface area contributed by atoms with Crippen molar-refractivity contribution in [2.24, 2.45) is 0 Å². The molecule has 2 bridgehead atoms. The Balaban J connectivity index is 1.43. The monoisotopic (exact) mass is 401 g/mol. The van der Waals surface area contributed by atoms with Crippen molar-refractivity contribution in [2.45, 2.75) is 43.8 Å². The highest BCUT2D eigenvalue weighted by atomic mass is 16.2. The van der Waals surface area contributed by atoms with Crippen LogP contribution in [0.15, 0.2) is 60.7 Å². The number of hydrogen-bond donors (Lipinski definition) is 2. The van der Waals surface area contributed by atoms with Crippen molar-refractivity contribution in [3.63, 3.8) is 0 Å². The molecule has 5 rings (SSSR count). The second-order valence-corrected chi connectivity index (χ2v) is 8.39. The zero-order valence-corrected chi connectivity index (χ0v) is 16.7. The van der Waals surface area contributed by atoms with Gasteiger partial charge < -0.3 is 10.2 Å². The van der Waals surface area contributed by atoms with Crippen LogP contribution in [0.2, 0.25) is 0 Å². The molecule has 152 valence electrons. The molecule has 2 aromatic carbocycles. The minimum absolute atomic E-state index is 0.0268. The molecule has 2 N–H and O–H groups in total. The average Bonchev–Trinajstić information content (AvgIpc) is 3.18. The first-order valence-electron chi connectivity index (χ1n) is 10.3. The normalized spacial score (nSPS) is 27.5. The molecule has 3 aliphatic rings. The molecule has 3 atom stereocenters. The maximum Gasteiger partial charge on any atom is 0.322 e. The number of imide groups is 1. The van der Waals surface area contributed by atoms with Crippen LogP contribution in [0.3, 0.4) is 0 Å². The summed E-state index contributed by atoms with van der Waals surface area (Å²) < 4.78 is 0. The van der Waals surface area contributed by atoms with Crippen LogP contribution in [-0.2, 0) is 10.3 Å². The number of nitrogens with one attached hydrogen (secondary N) is 2. The van der Waals surface area contributed by atoms with Crippen LogP contribution in [0.1, 0.15) is 47.7 Å². The van der Waals surface area contributed by atoms with Crippen LogP contribution in [0.4, 0.5) is 4.79 Å². The van der Waals surface area contributed by atoms with Gasteiger partial charge in [0.1, 0.15) is 5.54 Å². The third-order valence-electron chi connectivity index (χ3n) is 6.51. The summed E-state index contributed by atoms with van der Waals surface area (Å²) in [4.78, 5) is 39.3. The van der Waals surface area contributed by atoms with Crippen molar-refractivity contribution in [3.05, 3.63) is 77.4 Å². The lowest BCUT2D eigenvalue weighted by Gasteiger charge is -2.34. The first-order chi connectivity index (χ1) is 14.5. The Morgan fingerprint density at radius 3 is 2.57 bits per heavy atom. The van der Waals surface area contributed by atoms with E-state index in [9.17, 15) is 14.4 Å². The molecular weight excluding hydrogens is 378 g/mol. The van der Waals surface area contributed by atoms with Gasteiger partial charge in [-0.3, -0.25) is 14.9 Å². The predicted molar refractivity (Wildman–Crippen MR) is 112 cm³/mol. The number of carbonyl (C=O) groups excluding carboxylic acids is 3. The lowest BCUT2D eigenvalue weighted by Crippen LogP contribution is -2.43. The first kappa shape index (κ1) is 18.6. The Bertz CT molecular complexity index is 1080. The lowest BCUT2D eigenvalue weighted by atomic mass is 9.90. The molecule has 0 spiro atoms. The Kier molecular flexibility index (Phi) is 4.24.